The molecule has 0 unspecified atom stereocenters. The van der Waals surface area contributed by atoms with Gasteiger partial charge in [-0.05, 0) is 44.1 Å². The number of nitrogens with one attached hydrogen (secondary N) is 2. The fourth-order valence-electron chi connectivity index (χ4n) is 3.60. The first-order valence-corrected chi connectivity index (χ1v) is 8.22. The van der Waals surface area contributed by atoms with Crippen LogP contribution in [0.15, 0.2) is 0 Å². The lowest BCUT2D eigenvalue weighted by molar-refractivity contribution is 0.455. The van der Waals surface area contributed by atoms with Gasteiger partial charge in [0, 0.05) is 18.3 Å². The van der Waals surface area contributed by atoms with Crippen LogP contribution in [-0.2, 0) is 19.4 Å². The van der Waals surface area contributed by atoms with E-state index < -0.39 is 0 Å². The van der Waals surface area contributed by atoms with E-state index in [1.165, 1.54) is 87.6 Å². The Hall–Kier alpha value is -0.830. The smallest absolute Gasteiger partial charge is 0.0794 e. The zero-order chi connectivity index (χ0) is 12.9. The number of fused-ring (bicyclic) bond motifs is 1. The van der Waals surface area contributed by atoms with E-state index in [1.807, 2.05) is 0 Å². The summed E-state index contributed by atoms with van der Waals surface area (Å²) in [7, 11) is 0. The Labute approximate surface area is 116 Å². The van der Waals surface area contributed by atoms with Crippen molar-refractivity contribution in [1.29, 1.82) is 0 Å². The van der Waals surface area contributed by atoms with Gasteiger partial charge in [0.05, 0.1) is 5.69 Å². The minimum atomic E-state index is 0.723. The Morgan fingerprint density at radius 2 is 1.68 bits per heavy atom. The van der Waals surface area contributed by atoms with E-state index in [1.54, 1.807) is 0 Å². The molecule has 0 aliphatic heterocycles. The maximum atomic E-state index is 4.56. The fraction of sp³-hybridized carbons (Fsp3) is 0.812. The summed E-state index contributed by atoms with van der Waals surface area (Å²) in [6, 6.07) is 0.723. The van der Waals surface area contributed by atoms with Gasteiger partial charge in [-0.2, -0.15) is 5.10 Å². The summed E-state index contributed by atoms with van der Waals surface area (Å²) < 4.78 is 0. The Morgan fingerprint density at radius 3 is 2.53 bits per heavy atom. The predicted octanol–water partition coefficient (Wildman–Crippen LogP) is 3.49. The van der Waals surface area contributed by atoms with Gasteiger partial charge in [-0.3, -0.25) is 5.10 Å². The normalized spacial score (nSPS) is 21.7. The largest absolute Gasteiger partial charge is 0.308 e. The van der Waals surface area contributed by atoms with Crippen LogP contribution in [0.1, 0.15) is 74.7 Å². The highest BCUT2D eigenvalue weighted by Crippen LogP contribution is 2.22. The molecule has 0 bridgehead atoms. The van der Waals surface area contributed by atoms with E-state index in [2.05, 4.69) is 15.5 Å². The van der Waals surface area contributed by atoms with Crippen molar-refractivity contribution < 1.29 is 0 Å². The second-order valence-electron chi connectivity index (χ2n) is 6.26. The molecule has 2 N–H and O–H groups in total. The average molecular weight is 261 g/mol. The highest BCUT2D eigenvalue weighted by molar-refractivity contribution is 5.26. The highest BCUT2D eigenvalue weighted by atomic mass is 15.1. The van der Waals surface area contributed by atoms with Crippen LogP contribution < -0.4 is 5.32 Å². The summed E-state index contributed by atoms with van der Waals surface area (Å²) in [5.41, 5.74) is 4.23. The molecule has 1 heterocycles. The van der Waals surface area contributed by atoms with Crippen molar-refractivity contribution in [2.75, 3.05) is 0 Å². The van der Waals surface area contributed by atoms with Crippen molar-refractivity contribution in [1.82, 2.24) is 15.5 Å². The molecule has 2 aliphatic carbocycles. The number of aromatic nitrogens is 2. The third-order valence-corrected chi connectivity index (χ3v) is 4.81. The van der Waals surface area contributed by atoms with Crippen molar-refractivity contribution in [3.05, 3.63) is 17.0 Å². The molecule has 0 amide bonds. The standard InChI is InChI=1S/C16H27N3/c1-2-5-9-13(8-4-1)17-12-16-14-10-6-3-7-11-15(14)18-19-16/h13,17H,1-12H2,(H,18,19). The number of hydrogen-bond acceptors (Lipinski definition) is 2. The van der Waals surface area contributed by atoms with Crippen molar-refractivity contribution in [3.8, 4) is 0 Å². The molecule has 0 aromatic carbocycles. The number of nitrogens with zero attached hydrogens (tertiary/aromatic N) is 1. The maximum Gasteiger partial charge on any atom is 0.0794 e. The summed E-state index contributed by atoms with van der Waals surface area (Å²) in [6.45, 7) is 0.969. The quantitative estimate of drug-likeness (QED) is 0.646. The molecule has 2 aliphatic rings. The molecule has 0 spiro atoms. The molecule has 3 rings (SSSR count). The third-order valence-electron chi connectivity index (χ3n) is 4.81. The molecule has 106 valence electrons. The van der Waals surface area contributed by atoms with Crippen LogP contribution in [0.4, 0.5) is 0 Å². The van der Waals surface area contributed by atoms with Gasteiger partial charge in [-0.1, -0.05) is 32.1 Å². The Kier molecular flexibility index (Phi) is 4.54. The minimum Gasteiger partial charge on any atom is -0.308 e. The zero-order valence-corrected chi connectivity index (χ0v) is 12.0. The van der Waals surface area contributed by atoms with E-state index in [0.717, 1.165) is 12.6 Å². The summed E-state index contributed by atoms with van der Waals surface area (Å²) >= 11 is 0. The molecular weight excluding hydrogens is 234 g/mol. The Balaban J connectivity index is 1.58. The van der Waals surface area contributed by atoms with Crippen molar-refractivity contribution in [2.45, 2.75) is 83.2 Å². The first-order chi connectivity index (χ1) is 9.43. The van der Waals surface area contributed by atoms with E-state index in [4.69, 9.17) is 0 Å². The van der Waals surface area contributed by atoms with Crippen LogP contribution in [0.5, 0.6) is 0 Å². The molecule has 1 aromatic heterocycles. The van der Waals surface area contributed by atoms with Crippen LogP contribution in [0, 0.1) is 0 Å². The molecule has 1 saturated carbocycles. The maximum absolute atomic E-state index is 4.56. The second-order valence-corrected chi connectivity index (χ2v) is 6.26. The van der Waals surface area contributed by atoms with Crippen LogP contribution in [-0.4, -0.2) is 16.2 Å². The minimum absolute atomic E-state index is 0.723. The van der Waals surface area contributed by atoms with Crippen molar-refractivity contribution in [3.63, 3.8) is 0 Å². The summed E-state index contributed by atoms with van der Waals surface area (Å²) in [4.78, 5) is 0. The highest BCUT2D eigenvalue weighted by Gasteiger charge is 2.17. The monoisotopic (exact) mass is 261 g/mol. The predicted molar refractivity (Wildman–Crippen MR) is 78.2 cm³/mol. The van der Waals surface area contributed by atoms with Crippen molar-refractivity contribution >= 4 is 0 Å². The van der Waals surface area contributed by atoms with Gasteiger partial charge in [0.2, 0.25) is 0 Å². The zero-order valence-electron chi connectivity index (χ0n) is 12.0. The molecule has 3 heteroatoms. The third kappa shape index (κ3) is 3.38. The van der Waals surface area contributed by atoms with E-state index >= 15 is 0 Å². The van der Waals surface area contributed by atoms with Gasteiger partial charge >= 0.3 is 0 Å². The second kappa shape index (κ2) is 6.56. The number of hydrogen-bond donors (Lipinski definition) is 2. The molecule has 1 aromatic rings. The lowest BCUT2D eigenvalue weighted by Gasteiger charge is -2.15. The van der Waals surface area contributed by atoms with Crippen LogP contribution in [0.3, 0.4) is 0 Å². The molecule has 0 saturated heterocycles. The molecular formula is C16H27N3. The molecule has 1 fully saturated rings. The fourth-order valence-corrected chi connectivity index (χ4v) is 3.60. The molecule has 3 nitrogen and oxygen atoms in total. The number of H-pyrrole nitrogens is 1. The van der Waals surface area contributed by atoms with Gasteiger partial charge in [0.25, 0.3) is 0 Å². The van der Waals surface area contributed by atoms with E-state index in [0.29, 0.717) is 0 Å². The van der Waals surface area contributed by atoms with Gasteiger partial charge in [0.15, 0.2) is 0 Å². The summed E-state index contributed by atoms with van der Waals surface area (Å²) in [5.74, 6) is 0. The lowest BCUT2D eigenvalue weighted by atomic mass is 10.1. The van der Waals surface area contributed by atoms with Gasteiger partial charge in [-0.25, -0.2) is 0 Å². The van der Waals surface area contributed by atoms with E-state index in [-0.39, 0.29) is 0 Å². The topological polar surface area (TPSA) is 40.7 Å². The van der Waals surface area contributed by atoms with Crippen LogP contribution >= 0.6 is 0 Å². The Morgan fingerprint density at radius 1 is 0.947 bits per heavy atom. The number of rotatable bonds is 3. The molecule has 19 heavy (non-hydrogen) atoms. The Bertz CT molecular complexity index is 389. The van der Waals surface area contributed by atoms with Gasteiger partial charge < -0.3 is 5.32 Å². The van der Waals surface area contributed by atoms with Gasteiger partial charge in [0.1, 0.15) is 0 Å². The lowest BCUT2D eigenvalue weighted by Crippen LogP contribution is -2.28. The summed E-state index contributed by atoms with van der Waals surface area (Å²) in [5, 5.41) is 11.6. The van der Waals surface area contributed by atoms with E-state index in [9.17, 15) is 0 Å². The molecule has 0 atom stereocenters. The number of aryl methyl sites for hydroxylation is 1. The van der Waals surface area contributed by atoms with Crippen LogP contribution in [0.2, 0.25) is 0 Å². The first-order valence-electron chi connectivity index (χ1n) is 8.22. The number of aromatic amines is 1. The SMILES string of the molecule is C1CCc2[nH]nc(CNC3CCCCCC3)c2CC1. The summed E-state index contributed by atoms with van der Waals surface area (Å²) in [6.07, 6.45) is 14.8. The van der Waals surface area contributed by atoms with Gasteiger partial charge in [-0.15, -0.1) is 0 Å². The first kappa shape index (κ1) is 13.2. The van der Waals surface area contributed by atoms with Crippen LogP contribution in [0.25, 0.3) is 0 Å². The molecule has 0 radical (unpaired) electrons. The average Bonchev–Trinajstić information content (AvgIpc) is 2.67. The van der Waals surface area contributed by atoms with Crippen molar-refractivity contribution in [2.24, 2.45) is 0 Å².